The normalized spacial score (nSPS) is 13.9. The Morgan fingerprint density at radius 1 is 1.06 bits per heavy atom. The molecule has 1 atom stereocenters. The van der Waals surface area contributed by atoms with Gasteiger partial charge in [0, 0.05) is 18.7 Å². The summed E-state index contributed by atoms with van der Waals surface area (Å²) in [4.78, 5) is 41.5. The van der Waals surface area contributed by atoms with Crippen LogP contribution >= 0.6 is 11.6 Å². The highest BCUT2D eigenvalue weighted by molar-refractivity contribution is 6.34. The van der Waals surface area contributed by atoms with Crippen molar-refractivity contribution >= 4 is 40.8 Å². The summed E-state index contributed by atoms with van der Waals surface area (Å²) in [5.74, 6) is -1.10. The summed E-state index contributed by atoms with van der Waals surface area (Å²) in [6, 6.07) is 19.4. The van der Waals surface area contributed by atoms with Gasteiger partial charge in [0.1, 0.15) is 6.04 Å². The van der Waals surface area contributed by atoms with Crippen molar-refractivity contribution in [3.05, 3.63) is 94.0 Å². The van der Waals surface area contributed by atoms with Gasteiger partial charge in [-0.25, -0.2) is 4.79 Å². The summed E-state index contributed by atoms with van der Waals surface area (Å²) in [7, 11) is 0. The number of carbonyl (C=O) groups excluding carboxylic acids is 3. The molecule has 180 valence electrons. The van der Waals surface area contributed by atoms with Gasteiger partial charge in [-0.05, 0) is 54.8 Å². The van der Waals surface area contributed by atoms with Gasteiger partial charge >= 0.3 is 6.03 Å². The third-order valence-electron chi connectivity index (χ3n) is 6.17. The smallest absolute Gasteiger partial charge is 0.329 e. The van der Waals surface area contributed by atoms with Crippen LogP contribution in [-0.4, -0.2) is 30.4 Å². The van der Waals surface area contributed by atoms with Crippen LogP contribution in [0.5, 0.6) is 0 Å². The monoisotopic (exact) mass is 490 g/mol. The summed E-state index contributed by atoms with van der Waals surface area (Å²) >= 11 is 6.19. The number of urea groups is 1. The Labute approximate surface area is 209 Å². The first-order valence-electron chi connectivity index (χ1n) is 11.4. The fraction of sp³-hybridized carbons (Fsp3) is 0.222. The Kier molecular flexibility index (Phi) is 7.07. The average molecular weight is 491 g/mol. The Morgan fingerprint density at radius 3 is 2.43 bits per heavy atom. The molecule has 0 aliphatic carbocycles. The number of nitrogens with zero attached hydrogens (tertiary/aromatic N) is 2. The van der Waals surface area contributed by atoms with Crippen molar-refractivity contribution in [2.75, 3.05) is 16.3 Å². The molecule has 1 heterocycles. The summed E-state index contributed by atoms with van der Waals surface area (Å²) in [6.07, 6.45) is 0.211. The summed E-state index contributed by atoms with van der Waals surface area (Å²) < 4.78 is 0. The molecule has 0 unspecified atom stereocenters. The number of primary amides is 1. The van der Waals surface area contributed by atoms with Crippen LogP contribution in [0.1, 0.15) is 34.0 Å². The van der Waals surface area contributed by atoms with Crippen LogP contribution in [0.4, 0.5) is 16.2 Å². The zero-order chi connectivity index (χ0) is 25.1. The van der Waals surface area contributed by atoms with Gasteiger partial charge in [-0.15, -0.1) is 0 Å². The Bertz CT molecular complexity index is 1260. The quantitative estimate of drug-likeness (QED) is 0.512. The van der Waals surface area contributed by atoms with Gasteiger partial charge in [0.05, 0.1) is 22.8 Å². The molecule has 1 aliphatic rings. The number of rotatable bonds is 7. The molecule has 35 heavy (non-hydrogen) atoms. The molecular formula is C27H27ClN4O3. The lowest BCUT2D eigenvalue weighted by atomic mass is 10.0. The second-order valence-corrected chi connectivity index (χ2v) is 8.88. The minimum absolute atomic E-state index is 0.0867. The molecule has 0 bridgehead atoms. The lowest BCUT2D eigenvalue weighted by Crippen LogP contribution is -2.47. The number of nitrogens with one attached hydrogen (secondary N) is 1. The molecule has 7 nitrogen and oxygen atoms in total. The SMILES string of the molecule is CCN1C(=O)N(c2ccc(C[C@H](NC(=O)c3c(C)cccc3Cl)C(N)=O)cc2)Cc2ccccc21. The lowest BCUT2D eigenvalue weighted by molar-refractivity contribution is -0.119. The molecule has 4 amide bonds. The van der Waals surface area contributed by atoms with Gasteiger partial charge in [-0.1, -0.05) is 54.1 Å². The first-order valence-corrected chi connectivity index (χ1v) is 11.8. The first kappa shape index (κ1) is 24.3. The van der Waals surface area contributed by atoms with Crippen LogP contribution < -0.4 is 20.9 Å². The summed E-state index contributed by atoms with van der Waals surface area (Å²) in [6.45, 7) is 4.76. The van der Waals surface area contributed by atoms with Crippen molar-refractivity contribution in [2.24, 2.45) is 5.73 Å². The topological polar surface area (TPSA) is 95.7 Å². The van der Waals surface area contributed by atoms with Crippen molar-refractivity contribution in [1.82, 2.24) is 5.32 Å². The fourth-order valence-corrected chi connectivity index (χ4v) is 4.63. The number of nitrogens with two attached hydrogens (primary N) is 1. The van der Waals surface area contributed by atoms with Crippen LogP contribution in [0, 0.1) is 6.92 Å². The van der Waals surface area contributed by atoms with E-state index in [9.17, 15) is 14.4 Å². The van der Waals surface area contributed by atoms with Crippen molar-refractivity contribution < 1.29 is 14.4 Å². The predicted molar refractivity (Wildman–Crippen MR) is 138 cm³/mol. The minimum Gasteiger partial charge on any atom is -0.368 e. The molecule has 0 aromatic heterocycles. The number of halogens is 1. The molecule has 1 aliphatic heterocycles. The van der Waals surface area contributed by atoms with Crippen LogP contribution in [0.2, 0.25) is 5.02 Å². The largest absolute Gasteiger partial charge is 0.368 e. The maximum atomic E-state index is 13.1. The van der Waals surface area contributed by atoms with E-state index in [0.717, 1.165) is 22.5 Å². The molecule has 8 heteroatoms. The van der Waals surface area contributed by atoms with Gasteiger partial charge in [-0.3, -0.25) is 19.4 Å². The molecule has 3 N–H and O–H groups in total. The standard InChI is InChI=1S/C27H27ClN4O3/c1-3-31-23-10-5-4-8-19(23)16-32(27(31)35)20-13-11-18(12-14-20)15-22(25(29)33)30-26(34)24-17(2)7-6-9-21(24)28/h4-14,22H,3,15-16H2,1-2H3,(H2,29,33)(H,30,34)/t22-/m0/s1. The van der Waals surface area contributed by atoms with E-state index in [4.69, 9.17) is 17.3 Å². The number of para-hydroxylation sites is 1. The zero-order valence-corrected chi connectivity index (χ0v) is 20.4. The minimum atomic E-state index is -0.914. The highest BCUT2D eigenvalue weighted by atomic mass is 35.5. The van der Waals surface area contributed by atoms with Crippen LogP contribution in [0.15, 0.2) is 66.7 Å². The van der Waals surface area contributed by atoms with E-state index >= 15 is 0 Å². The number of fused-ring (bicyclic) bond motifs is 1. The molecular weight excluding hydrogens is 464 g/mol. The van der Waals surface area contributed by atoms with Crippen molar-refractivity contribution in [3.8, 4) is 0 Å². The summed E-state index contributed by atoms with van der Waals surface area (Å²) in [5.41, 5.74) is 10.2. The van der Waals surface area contributed by atoms with E-state index in [0.29, 0.717) is 29.2 Å². The van der Waals surface area contributed by atoms with Gasteiger partial charge < -0.3 is 11.1 Å². The van der Waals surface area contributed by atoms with Crippen molar-refractivity contribution in [1.29, 1.82) is 0 Å². The van der Waals surface area contributed by atoms with Crippen molar-refractivity contribution in [2.45, 2.75) is 32.9 Å². The predicted octanol–water partition coefficient (Wildman–Crippen LogP) is 4.44. The van der Waals surface area contributed by atoms with Crippen LogP contribution in [0.25, 0.3) is 0 Å². The Balaban J connectivity index is 1.50. The second-order valence-electron chi connectivity index (χ2n) is 8.47. The first-order chi connectivity index (χ1) is 16.8. The van der Waals surface area contributed by atoms with E-state index < -0.39 is 17.9 Å². The maximum Gasteiger partial charge on any atom is 0.329 e. The molecule has 0 saturated carbocycles. The number of anilines is 2. The van der Waals surface area contributed by atoms with E-state index in [-0.39, 0.29) is 12.5 Å². The van der Waals surface area contributed by atoms with E-state index in [1.54, 1.807) is 34.9 Å². The number of hydrogen-bond acceptors (Lipinski definition) is 3. The average Bonchev–Trinajstić information content (AvgIpc) is 2.83. The van der Waals surface area contributed by atoms with Gasteiger partial charge in [0.15, 0.2) is 0 Å². The molecule has 0 saturated heterocycles. The molecule has 3 aromatic carbocycles. The highest BCUT2D eigenvalue weighted by Crippen LogP contribution is 2.31. The molecule has 3 aromatic rings. The third kappa shape index (κ3) is 5.00. The Hall–Kier alpha value is -3.84. The van der Waals surface area contributed by atoms with Gasteiger partial charge in [0.2, 0.25) is 5.91 Å². The van der Waals surface area contributed by atoms with Gasteiger partial charge in [0.25, 0.3) is 5.91 Å². The second kappa shape index (κ2) is 10.2. The van der Waals surface area contributed by atoms with Gasteiger partial charge in [-0.2, -0.15) is 0 Å². The molecule has 0 spiro atoms. The van der Waals surface area contributed by atoms with E-state index in [2.05, 4.69) is 5.32 Å². The molecule has 4 rings (SSSR count). The van der Waals surface area contributed by atoms with Crippen LogP contribution in [-0.2, 0) is 17.8 Å². The lowest BCUT2D eigenvalue weighted by Gasteiger charge is -2.36. The number of carbonyl (C=O) groups is 3. The maximum absolute atomic E-state index is 13.1. The number of benzene rings is 3. The third-order valence-corrected chi connectivity index (χ3v) is 6.49. The summed E-state index contributed by atoms with van der Waals surface area (Å²) in [5, 5.41) is 3.01. The zero-order valence-electron chi connectivity index (χ0n) is 19.6. The fourth-order valence-electron chi connectivity index (χ4n) is 4.32. The molecule has 0 fully saturated rings. The van der Waals surface area contributed by atoms with Crippen molar-refractivity contribution in [3.63, 3.8) is 0 Å². The number of amides is 4. The number of hydrogen-bond donors (Lipinski definition) is 2. The molecule has 0 radical (unpaired) electrons. The number of aryl methyl sites for hydroxylation is 1. The Morgan fingerprint density at radius 2 is 1.77 bits per heavy atom. The van der Waals surface area contributed by atoms with Crippen LogP contribution in [0.3, 0.4) is 0 Å². The van der Waals surface area contributed by atoms with E-state index in [1.807, 2.05) is 55.5 Å². The van der Waals surface area contributed by atoms with E-state index in [1.165, 1.54) is 0 Å². The highest BCUT2D eigenvalue weighted by Gasteiger charge is 2.30.